The van der Waals surface area contributed by atoms with Crippen molar-refractivity contribution < 1.29 is 9.53 Å². The van der Waals surface area contributed by atoms with Crippen molar-refractivity contribution in [2.24, 2.45) is 5.73 Å². The van der Waals surface area contributed by atoms with E-state index in [1.807, 2.05) is 48.2 Å². The Bertz CT molecular complexity index is 748. The lowest BCUT2D eigenvalue weighted by molar-refractivity contribution is -0.161. The summed E-state index contributed by atoms with van der Waals surface area (Å²) in [6.45, 7) is 12.9. The van der Waals surface area contributed by atoms with Crippen molar-refractivity contribution in [2.75, 3.05) is 31.1 Å². The van der Waals surface area contributed by atoms with Crippen LogP contribution in [-0.2, 0) is 9.53 Å². The van der Waals surface area contributed by atoms with E-state index in [-0.39, 0.29) is 11.5 Å². The lowest BCUT2D eigenvalue weighted by Gasteiger charge is -2.49. The summed E-state index contributed by atoms with van der Waals surface area (Å²) < 4.78 is 6.25. The first-order valence-electron chi connectivity index (χ1n) is 9.97. The molecule has 2 saturated heterocycles. The monoisotopic (exact) mass is 381 g/mol. The molecule has 2 N–H and O–H groups in total. The van der Waals surface area contributed by atoms with E-state index in [1.165, 1.54) is 0 Å². The first-order chi connectivity index (χ1) is 13.4. The third-order valence-electron chi connectivity index (χ3n) is 5.75. The summed E-state index contributed by atoms with van der Waals surface area (Å²) in [5.74, 6) is 0.0416. The highest BCUT2D eigenvalue weighted by Gasteiger charge is 2.45. The zero-order chi connectivity index (χ0) is 20.1. The molecule has 1 atom stereocenters. The first kappa shape index (κ1) is 20.4. The van der Waals surface area contributed by atoms with Gasteiger partial charge in [-0.25, -0.2) is 0 Å². The van der Waals surface area contributed by atoms with Crippen LogP contribution in [0.1, 0.15) is 26.2 Å². The normalized spacial score (nSPS) is 23.0. The number of morpholine rings is 1. The quantitative estimate of drug-likeness (QED) is 0.769. The molecule has 0 aliphatic carbocycles. The Morgan fingerprint density at radius 3 is 2.61 bits per heavy atom. The van der Waals surface area contributed by atoms with Crippen molar-refractivity contribution in [1.82, 2.24) is 4.90 Å². The molecule has 1 aromatic carbocycles. The largest absolute Gasteiger partial charge is 0.399 e. The van der Waals surface area contributed by atoms with Crippen LogP contribution in [0.4, 0.5) is 5.69 Å². The Labute approximate surface area is 168 Å². The van der Waals surface area contributed by atoms with Gasteiger partial charge in [-0.1, -0.05) is 43.5 Å². The van der Waals surface area contributed by atoms with E-state index in [0.717, 1.165) is 50.2 Å². The van der Waals surface area contributed by atoms with Gasteiger partial charge in [0.05, 0.1) is 12.1 Å². The van der Waals surface area contributed by atoms with E-state index in [2.05, 4.69) is 18.1 Å². The number of piperidine rings is 1. The summed E-state index contributed by atoms with van der Waals surface area (Å²) in [6, 6.07) is 9.89. The summed E-state index contributed by atoms with van der Waals surface area (Å²) in [4.78, 5) is 17.0. The Kier molecular flexibility index (Phi) is 6.37. The van der Waals surface area contributed by atoms with Gasteiger partial charge in [0.15, 0.2) is 0 Å². The van der Waals surface area contributed by atoms with Crippen molar-refractivity contribution in [3.8, 4) is 0 Å². The molecule has 3 rings (SSSR count). The van der Waals surface area contributed by atoms with Gasteiger partial charge in [0.25, 0.3) is 5.91 Å². The number of rotatable bonds is 6. The molecular formula is C23H31N3O2. The van der Waals surface area contributed by atoms with Crippen LogP contribution < -0.4 is 10.6 Å². The van der Waals surface area contributed by atoms with Crippen molar-refractivity contribution >= 4 is 11.6 Å². The van der Waals surface area contributed by atoms with Crippen LogP contribution in [0.3, 0.4) is 0 Å². The second-order valence-electron chi connectivity index (χ2n) is 7.75. The van der Waals surface area contributed by atoms with Crippen LogP contribution in [0.2, 0.25) is 0 Å². The number of benzene rings is 1. The summed E-state index contributed by atoms with van der Waals surface area (Å²) >= 11 is 0. The molecule has 2 aliphatic heterocycles. The van der Waals surface area contributed by atoms with E-state index >= 15 is 0 Å². The Balaban J connectivity index is 1.62. The molecule has 2 aliphatic rings. The van der Waals surface area contributed by atoms with Gasteiger partial charge < -0.3 is 20.3 Å². The predicted octanol–water partition coefficient (Wildman–Crippen LogP) is 3.25. The molecule has 1 unspecified atom stereocenters. The molecule has 1 amide bonds. The van der Waals surface area contributed by atoms with Gasteiger partial charge in [-0.05, 0) is 43.9 Å². The van der Waals surface area contributed by atoms with Gasteiger partial charge in [-0.3, -0.25) is 4.79 Å². The van der Waals surface area contributed by atoms with Gasteiger partial charge in [-0.15, -0.1) is 0 Å². The topological polar surface area (TPSA) is 58.8 Å². The number of hydrogen-bond acceptors (Lipinski definition) is 4. The average Bonchev–Trinajstić information content (AvgIpc) is 2.70. The minimum atomic E-state index is -0.414. The molecule has 2 heterocycles. The number of allylic oxidation sites excluding steroid dienone is 3. The smallest absolute Gasteiger partial charge is 0.255 e. The number of likely N-dealkylation sites (tertiary alicyclic amines) is 1. The van der Waals surface area contributed by atoms with E-state index < -0.39 is 6.10 Å². The molecule has 1 aromatic rings. The maximum absolute atomic E-state index is 12.7. The number of amides is 1. The lowest BCUT2D eigenvalue weighted by atomic mass is 9.88. The van der Waals surface area contributed by atoms with E-state index in [9.17, 15) is 4.79 Å². The fraction of sp³-hybridized carbons (Fsp3) is 0.435. The third kappa shape index (κ3) is 4.54. The van der Waals surface area contributed by atoms with E-state index in [0.29, 0.717) is 12.2 Å². The summed E-state index contributed by atoms with van der Waals surface area (Å²) in [7, 11) is 0. The van der Waals surface area contributed by atoms with Gasteiger partial charge in [0.2, 0.25) is 0 Å². The number of anilines is 1. The molecule has 5 nitrogen and oxygen atoms in total. The fourth-order valence-corrected chi connectivity index (χ4v) is 4.11. The second-order valence-corrected chi connectivity index (χ2v) is 7.75. The number of nitrogens with two attached hydrogens (primary N) is 1. The minimum Gasteiger partial charge on any atom is -0.399 e. The molecule has 0 aromatic heterocycles. The van der Waals surface area contributed by atoms with Crippen LogP contribution in [0, 0.1) is 0 Å². The standard InChI is InChI=1S/C23H31N3O2/c1-4-8-20(18(2)24)11-14-25-15-12-23(13-16-25)17-26(22(27)19(3)28-23)21-9-6-5-7-10-21/h4-10,19H,1-2,11-17,24H2,3H3/b20-8-. The number of carbonyl (C=O) groups excluding carboxylic acids is 1. The highest BCUT2D eigenvalue weighted by Crippen LogP contribution is 2.35. The van der Waals surface area contributed by atoms with Crippen LogP contribution in [0.25, 0.3) is 0 Å². The van der Waals surface area contributed by atoms with Crippen LogP contribution in [0.5, 0.6) is 0 Å². The van der Waals surface area contributed by atoms with E-state index in [4.69, 9.17) is 10.5 Å². The van der Waals surface area contributed by atoms with Crippen molar-refractivity contribution in [3.63, 3.8) is 0 Å². The maximum Gasteiger partial charge on any atom is 0.255 e. The van der Waals surface area contributed by atoms with Gasteiger partial charge in [-0.2, -0.15) is 0 Å². The molecule has 1 spiro atoms. The van der Waals surface area contributed by atoms with E-state index in [1.54, 1.807) is 6.08 Å². The van der Waals surface area contributed by atoms with Gasteiger partial charge in [0.1, 0.15) is 6.10 Å². The number of para-hydroxylation sites is 1. The molecule has 150 valence electrons. The SMILES string of the molecule is C=C/C=C(/CCN1CCC2(CC1)CN(c1ccccc1)C(=O)C(C)O2)C(=C)N. The molecule has 0 radical (unpaired) electrons. The number of ether oxygens (including phenoxy) is 1. The highest BCUT2D eigenvalue weighted by molar-refractivity contribution is 5.97. The van der Waals surface area contributed by atoms with Crippen molar-refractivity contribution in [2.45, 2.75) is 37.9 Å². The molecule has 2 fully saturated rings. The number of hydrogen-bond donors (Lipinski definition) is 1. The highest BCUT2D eigenvalue weighted by atomic mass is 16.5. The Hall–Kier alpha value is -2.37. The van der Waals surface area contributed by atoms with Gasteiger partial charge >= 0.3 is 0 Å². The second kappa shape index (κ2) is 8.76. The zero-order valence-electron chi connectivity index (χ0n) is 16.8. The van der Waals surface area contributed by atoms with Crippen LogP contribution >= 0.6 is 0 Å². The summed E-state index contributed by atoms with van der Waals surface area (Å²) in [5, 5.41) is 0. The van der Waals surface area contributed by atoms with Gasteiger partial charge in [0, 0.05) is 31.0 Å². The zero-order valence-corrected chi connectivity index (χ0v) is 16.8. The number of nitrogens with zero attached hydrogens (tertiary/aromatic N) is 2. The molecule has 5 heteroatoms. The summed E-state index contributed by atoms with van der Waals surface area (Å²) in [5.41, 5.74) is 8.19. The molecular weight excluding hydrogens is 350 g/mol. The van der Waals surface area contributed by atoms with Crippen molar-refractivity contribution in [1.29, 1.82) is 0 Å². The maximum atomic E-state index is 12.7. The Morgan fingerprint density at radius 1 is 1.32 bits per heavy atom. The Morgan fingerprint density at radius 2 is 2.00 bits per heavy atom. The van der Waals surface area contributed by atoms with Crippen molar-refractivity contribution in [3.05, 3.63) is 66.9 Å². The predicted molar refractivity (Wildman–Crippen MR) is 114 cm³/mol. The average molecular weight is 382 g/mol. The lowest BCUT2D eigenvalue weighted by Crippen LogP contribution is -2.61. The minimum absolute atomic E-state index is 0.0416. The first-order valence-corrected chi connectivity index (χ1v) is 9.97. The molecule has 28 heavy (non-hydrogen) atoms. The third-order valence-corrected chi connectivity index (χ3v) is 5.75. The van der Waals surface area contributed by atoms with Crippen LogP contribution in [-0.4, -0.2) is 48.7 Å². The number of carbonyl (C=O) groups is 1. The fourth-order valence-electron chi connectivity index (χ4n) is 4.11. The molecule has 0 saturated carbocycles. The summed E-state index contributed by atoms with van der Waals surface area (Å²) in [6.07, 6.45) is 5.97. The molecule has 0 bridgehead atoms. The van der Waals surface area contributed by atoms with Crippen LogP contribution in [0.15, 0.2) is 66.9 Å².